The number of ether oxygens (including phenoxy) is 1. The molecule has 2 aromatic carbocycles. The number of aliphatic hydroxyl groups is 1. The largest absolute Gasteiger partial charge is 0.455 e. The summed E-state index contributed by atoms with van der Waals surface area (Å²) in [5.41, 5.74) is 2.79. The SMILES string of the molecule is O=C(OCc1csc(-c2cccc(Br)c2)n1)c1ccccc1NCCO. The number of thiazole rings is 1. The number of rotatable bonds is 7. The monoisotopic (exact) mass is 432 g/mol. The van der Waals surface area contributed by atoms with Crippen LogP contribution in [-0.2, 0) is 11.3 Å². The Morgan fingerprint density at radius 1 is 1.23 bits per heavy atom. The Kier molecular flexibility index (Phi) is 6.38. The second-order valence-electron chi connectivity index (χ2n) is 5.43. The lowest BCUT2D eigenvalue weighted by molar-refractivity contribution is 0.0469. The summed E-state index contributed by atoms with van der Waals surface area (Å²) < 4.78 is 6.39. The number of para-hydroxylation sites is 1. The van der Waals surface area contributed by atoms with Gasteiger partial charge >= 0.3 is 5.97 Å². The van der Waals surface area contributed by atoms with Crippen molar-refractivity contribution in [2.45, 2.75) is 6.61 Å². The molecule has 2 N–H and O–H groups in total. The van der Waals surface area contributed by atoms with Crippen LogP contribution in [-0.4, -0.2) is 29.2 Å². The second kappa shape index (κ2) is 8.93. The van der Waals surface area contributed by atoms with Gasteiger partial charge in [0.1, 0.15) is 11.6 Å². The highest BCUT2D eigenvalue weighted by molar-refractivity contribution is 9.10. The van der Waals surface area contributed by atoms with Crippen molar-refractivity contribution >= 4 is 38.9 Å². The predicted molar refractivity (Wildman–Crippen MR) is 106 cm³/mol. The third-order valence-electron chi connectivity index (χ3n) is 3.55. The molecule has 1 heterocycles. The normalized spacial score (nSPS) is 10.5. The van der Waals surface area contributed by atoms with Gasteiger partial charge in [-0.15, -0.1) is 11.3 Å². The van der Waals surface area contributed by atoms with E-state index in [0.717, 1.165) is 15.0 Å². The first-order chi connectivity index (χ1) is 12.7. The van der Waals surface area contributed by atoms with E-state index in [1.807, 2.05) is 35.7 Å². The van der Waals surface area contributed by atoms with E-state index in [1.165, 1.54) is 11.3 Å². The van der Waals surface area contributed by atoms with Gasteiger partial charge in [0.05, 0.1) is 17.9 Å². The van der Waals surface area contributed by atoms with Crippen molar-refractivity contribution in [2.24, 2.45) is 0 Å². The van der Waals surface area contributed by atoms with Crippen LogP contribution in [0.1, 0.15) is 16.1 Å². The quantitative estimate of drug-likeness (QED) is 0.543. The summed E-state index contributed by atoms with van der Waals surface area (Å²) in [4.78, 5) is 16.9. The number of nitrogens with one attached hydrogen (secondary N) is 1. The minimum atomic E-state index is -0.428. The molecule has 0 fully saturated rings. The molecule has 0 atom stereocenters. The Morgan fingerprint density at radius 2 is 2.08 bits per heavy atom. The summed E-state index contributed by atoms with van der Waals surface area (Å²) in [6, 6.07) is 15.0. The highest BCUT2D eigenvalue weighted by Gasteiger charge is 2.13. The molecule has 0 saturated carbocycles. The second-order valence-corrected chi connectivity index (χ2v) is 7.20. The van der Waals surface area contributed by atoms with E-state index < -0.39 is 5.97 Å². The number of benzene rings is 2. The van der Waals surface area contributed by atoms with Crippen molar-refractivity contribution in [3.8, 4) is 10.6 Å². The number of esters is 1. The van der Waals surface area contributed by atoms with Gasteiger partial charge in [-0.3, -0.25) is 0 Å². The Hall–Kier alpha value is -2.22. The maximum Gasteiger partial charge on any atom is 0.340 e. The lowest BCUT2D eigenvalue weighted by Crippen LogP contribution is -2.12. The van der Waals surface area contributed by atoms with Crippen LogP contribution in [0, 0.1) is 0 Å². The number of nitrogens with zero attached hydrogens (tertiary/aromatic N) is 1. The van der Waals surface area contributed by atoms with Crippen molar-refractivity contribution < 1.29 is 14.6 Å². The maximum absolute atomic E-state index is 12.4. The number of carbonyl (C=O) groups is 1. The number of hydrogen-bond donors (Lipinski definition) is 2. The van der Waals surface area contributed by atoms with Gasteiger partial charge in [-0.2, -0.15) is 0 Å². The highest BCUT2D eigenvalue weighted by Crippen LogP contribution is 2.26. The topological polar surface area (TPSA) is 71.5 Å². The molecule has 0 aliphatic heterocycles. The fourth-order valence-electron chi connectivity index (χ4n) is 2.35. The van der Waals surface area contributed by atoms with Gasteiger partial charge in [0.2, 0.25) is 0 Å². The molecular weight excluding hydrogens is 416 g/mol. The molecule has 0 bridgehead atoms. The number of anilines is 1. The fraction of sp³-hybridized carbons (Fsp3) is 0.158. The summed E-state index contributed by atoms with van der Waals surface area (Å²) in [5.74, 6) is -0.428. The van der Waals surface area contributed by atoms with Gasteiger partial charge in [-0.05, 0) is 24.3 Å². The van der Waals surface area contributed by atoms with Crippen LogP contribution in [0.4, 0.5) is 5.69 Å². The first-order valence-electron chi connectivity index (χ1n) is 7.98. The molecular formula is C19H17BrN2O3S. The van der Waals surface area contributed by atoms with Gasteiger partial charge < -0.3 is 15.2 Å². The number of aliphatic hydroxyl groups excluding tert-OH is 1. The van der Waals surface area contributed by atoms with E-state index in [9.17, 15) is 4.79 Å². The van der Waals surface area contributed by atoms with Crippen molar-refractivity contribution in [1.29, 1.82) is 0 Å². The molecule has 0 spiro atoms. The summed E-state index contributed by atoms with van der Waals surface area (Å²) in [5, 5.41) is 14.7. The lowest BCUT2D eigenvalue weighted by atomic mass is 10.2. The maximum atomic E-state index is 12.4. The van der Waals surface area contributed by atoms with Crippen LogP contribution in [0.15, 0.2) is 58.4 Å². The van der Waals surface area contributed by atoms with Gasteiger partial charge in [0, 0.05) is 27.6 Å². The molecule has 1 aromatic heterocycles. The minimum absolute atomic E-state index is 0.0133. The summed E-state index contributed by atoms with van der Waals surface area (Å²) in [6.45, 7) is 0.463. The minimum Gasteiger partial charge on any atom is -0.455 e. The highest BCUT2D eigenvalue weighted by atomic mass is 79.9. The Morgan fingerprint density at radius 3 is 2.88 bits per heavy atom. The average Bonchev–Trinajstić information content (AvgIpc) is 3.14. The third kappa shape index (κ3) is 4.69. The molecule has 7 heteroatoms. The number of aromatic nitrogens is 1. The molecule has 0 aliphatic carbocycles. The molecule has 134 valence electrons. The molecule has 3 rings (SSSR count). The lowest BCUT2D eigenvalue weighted by Gasteiger charge is -2.10. The summed E-state index contributed by atoms with van der Waals surface area (Å²) in [7, 11) is 0. The Balaban J connectivity index is 1.66. The standard InChI is InChI=1S/C19H17BrN2O3S/c20-14-5-3-4-13(10-14)18-22-15(12-26-18)11-25-19(24)16-6-1-2-7-17(16)21-8-9-23/h1-7,10,12,21,23H,8-9,11H2. The van der Waals surface area contributed by atoms with E-state index in [1.54, 1.807) is 18.2 Å². The predicted octanol–water partition coefficient (Wildman–Crippen LogP) is 4.33. The Bertz CT molecular complexity index is 898. The molecule has 3 aromatic rings. The van der Waals surface area contributed by atoms with E-state index >= 15 is 0 Å². The van der Waals surface area contributed by atoms with Gasteiger partial charge in [0.15, 0.2) is 0 Å². The Labute approximate surface area is 163 Å². The molecule has 0 aliphatic rings. The van der Waals surface area contributed by atoms with Crippen LogP contribution in [0.25, 0.3) is 10.6 Å². The van der Waals surface area contributed by atoms with E-state index in [4.69, 9.17) is 9.84 Å². The van der Waals surface area contributed by atoms with Gasteiger partial charge in [-0.25, -0.2) is 9.78 Å². The fourth-order valence-corrected chi connectivity index (χ4v) is 3.55. The van der Waals surface area contributed by atoms with Crippen molar-refractivity contribution in [2.75, 3.05) is 18.5 Å². The van der Waals surface area contributed by atoms with Crippen LogP contribution < -0.4 is 5.32 Å². The van der Waals surface area contributed by atoms with Crippen LogP contribution in [0.2, 0.25) is 0 Å². The van der Waals surface area contributed by atoms with Crippen LogP contribution >= 0.6 is 27.3 Å². The van der Waals surface area contributed by atoms with Gasteiger partial charge in [-0.1, -0.05) is 40.2 Å². The number of halogens is 1. The molecule has 0 amide bonds. The van der Waals surface area contributed by atoms with E-state index in [-0.39, 0.29) is 13.2 Å². The van der Waals surface area contributed by atoms with Gasteiger partial charge in [0.25, 0.3) is 0 Å². The van der Waals surface area contributed by atoms with Crippen molar-refractivity contribution in [1.82, 2.24) is 4.98 Å². The van der Waals surface area contributed by atoms with Crippen LogP contribution in [0.3, 0.4) is 0 Å². The van der Waals surface area contributed by atoms with E-state index in [2.05, 4.69) is 26.2 Å². The zero-order valence-electron chi connectivity index (χ0n) is 13.8. The number of hydrogen-bond acceptors (Lipinski definition) is 6. The molecule has 0 unspecified atom stereocenters. The summed E-state index contributed by atoms with van der Waals surface area (Å²) >= 11 is 4.96. The van der Waals surface area contributed by atoms with Crippen molar-refractivity contribution in [3.63, 3.8) is 0 Å². The molecule has 5 nitrogen and oxygen atoms in total. The average molecular weight is 433 g/mol. The van der Waals surface area contributed by atoms with Crippen LogP contribution in [0.5, 0.6) is 0 Å². The zero-order chi connectivity index (χ0) is 18.4. The van der Waals surface area contributed by atoms with Crippen molar-refractivity contribution in [3.05, 3.63) is 69.6 Å². The van der Waals surface area contributed by atoms with E-state index in [0.29, 0.717) is 23.5 Å². The first kappa shape index (κ1) is 18.6. The molecule has 0 saturated heterocycles. The third-order valence-corrected chi connectivity index (χ3v) is 4.98. The molecule has 26 heavy (non-hydrogen) atoms. The summed E-state index contributed by atoms with van der Waals surface area (Å²) in [6.07, 6.45) is 0. The first-order valence-corrected chi connectivity index (χ1v) is 9.66. The zero-order valence-corrected chi connectivity index (χ0v) is 16.2. The number of carbonyl (C=O) groups excluding carboxylic acids is 1. The smallest absolute Gasteiger partial charge is 0.340 e. The molecule has 0 radical (unpaired) electrons.